The van der Waals surface area contributed by atoms with Crippen LogP contribution in [0.4, 0.5) is 0 Å². The van der Waals surface area contributed by atoms with E-state index in [2.05, 4.69) is 67.4 Å². The van der Waals surface area contributed by atoms with Crippen molar-refractivity contribution in [2.75, 3.05) is 65.8 Å². The summed E-state index contributed by atoms with van der Waals surface area (Å²) in [4.78, 5) is 43.8. The Hall–Kier alpha value is -2.75. The quantitative estimate of drug-likeness (QED) is 0.0378. The molecule has 1 heterocycles. The van der Waals surface area contributed by atoms with E-state index in [4.69, 9.17) is 9.47 Å². The molecule has 1 fully saturated rings. The first kappa shape index (κ1) is 51.3. The number of hydrogen-bond donors (Lipinski definition) is 1. The van der Waals surface area contributed by atoms with Gasteiger partial charge in [0.1, 0.15) is 13.2 Å². The van der Waals surface area contributed by atoms with Gasteiger partial charge in [-0.05, 0) is 77.0 Å². The van der Waals surface area contributed by atoms with Crippen LogP contribution >= 0.6 is 0 Å². The maximum absolute atomic E-state index is 13.3. The van der Waals surface area contributed by atoms with E-state index in [-0.39, 0.29) is 57.4 Å². The van der Waals surface area contributed by atoms with Gasteiger partial charge in [0.15, 0.2) is 0 Å². The minimum atomic E-state index is -0.230. The van der Waals surface area contributed by atoms with Gasteiger partial charge in [-0.15, -0.1) is 0 Å². The molecule has 0 atom stereocenters. The number of nitrogens with zero attached hydrogens (tertiary/aromatic N) is 3. The molecular formula is C47H83N3O6. The fourth-order valence-corrected chi connectivity index (χ4v) is 6.59. The van der Waals surface area contributed by atoms with Crippen LogP contribution in [0.5, 0.6) is 0 Å². The van der Waals surface area contributed by atoms with E-state index in [1.54, 1.807) is 4.90 Å². The molecule has 0 unspecified atom stereocenters. The first-order valence-electron chi connectivity index (χ1n) is 22.7. The number of aliphatic hydroxyl groups excluding tert-OH is 1. The van der Waals surface area contributed by atoms with E-state index in [0.717, 1.165) is 64.2 Å². The third-order valence-corrected chi connectivity index (χ3v) is 10.3. The molecule has 0 aromatic rings. The molecule has 0 aromatic heterocycles. The number of rotatable bonds is 37. The van der Waals surface area contributed by atoms with E-state index in [1.807, 2.05) is 4.90 Å². The van der Waals surface area contributed by atoms with Crippen LogP contribution in [0.15, 0.2) is 48.6 Å². The minimum Gasteiger partial charge on any atom is -0.464 e. The zero-order chi connectivity index (χ0) is 40.6. The highest BCUT2D eigenvalue weighted by molar-refractivity contribution is 5.78. The van der Waals surface area contributed by atoms with Crippen LogP contribution in [0, 0.1) is 0 Å². The summed E-state index contributed by atoms with van der Waals surface area (Å²) >= 11 is 0. The van der Waals surface area contributed by atoms with Gasteiger partial charge in [0.05, 0.1) is 26.4 Å². The fraction of sp³-hybridized carbons (Fsp3) is 0.766. The lowest BCUT2D eigenvalue weighted by Crippen LogP contribution is -2.50. The van der Waals surface area contributed by atoms with Crippen LogP contribution in [-0.2, 0) is 23.9 Å². The van der Waals surface area contributed by atoms with Crippen molar-refractivity contribution in [3.63, 3.8) is 0 Å². The van der Waals surface area contributed by atoms with Crippen molar-refractivity contribution in [2.24, 2.45) is 0 Å². The number of allylic oxidation sites excluding steroid dienone is 8. The number of ether oxygens (including phenoxy) is 2. The lowest BCUT2D eigenvalue weighted by molar-refractivity contribution is -0.148. The summed E-state index contributed by atoms with van der Waals surface area (Å²) in [6.45, 7) is 8.35. The number of aliphatic hydroxyl groups is 1. The maximum atomic E-state index is 13.3. The molecule has 0 aromatic carbocycles. The molecule has 9 nitrogen and oxygen atoms in total. The van der Waals surface area contributed by atoms with Gasteiger partial charge in [-0.2, -0.15) is 0 Å². The number of unbranched alkanes of at least 4 members (excludes halogenated alkanes) is 16. The van der Waals surface area contributed by atoms with Crippen molar-refractivity contribution in [1.82, 2.24) is 14.7 Å². The second-order valence-corrected chi connectivity index (χ2v) is 15.3. The predicted octanol–water partition coefficient (Wildman–Crippen LogP) is 10.1. The van der Waals surface area contributed by atoms with Gasteiger partial charge in [0, 0.05) is 39.0 Å². The molecule has 0 spiro atoms. The SMILES string of the molecule is CCCCC/C=C\C/C=C\CCCCCCCC(=O)OCCN(CCOC(=O)CCCCCCC/C=C\C/C=C\CCCCC)C(=O)CN1CCN(CO)CC1. The monoisotopic (exact) mass is 786 g/mol. The van der Waals surface area contributed by atoms with Gasteiger partial charge in [-0.25, -0.2) is 0 Å². The minimum absolute atomic E-state index is 0.0228. The number of esters is 2. The van der Waals surface area contributed by atoms with Crippen molar-refractivity contribution >= 4 is 17.8 Å². The molecule has 0 radical (unpaired) electrons. The summed E-state index contributed by atoms with van der Waals surface area (Å²) < 4.78 is 11.0. The van der Waals surface area contributed by atoms with Crippen molar-refractivity contribution in [2.45, 2.75) is 168 Å². The molecule has 1 saturated heterocycles. The third kappa shape index (κ3) is 32.3. The number of carbonyl (C=O) groups is 3. The van der Waals surface area contributed by atoms with E-state index >= 15 is 0 Å². The standard InChI is InChI=1S/C47H83N3O6/c1-3-5-7-9-11-13-15-17-19-21-23-25-27-29-31-33-46(53)55-41-39-50(45(52)43-48-35-37-49(44-51)38-36-48)40-42-56-47(54)34-32-30-28-26-24-22-20-18-16-14-12-10-8-6-4-2/h11-14,17-20,51H,3-10,15-16,21-44H2,1-2H3/b13-11-,14-12-,19-17-,20-18-. The van der Waals surface area contributed by atoms with Crippen molar-refractivity contribution in [1.29, 1.82) is 0 Å². The van der Waals surface area contributed by atoms with Gasteiger partial charge in [-0.3, -0.25) is 24.2 Å². The zero-order valence-corrected chi connectivity index (χ0v) is 36.0. The Kier molecular flexibility index (Phi) is 35.8. The highest BCUT2D eigenvalue weighted by atomic mass is 16.5. The van der Waals surface area contributed by atoms with Gasteiger partial charge in [0.25, 0.3) is 0 Å². The summed E-state index contributed by atoms with van der Waals surface area (Å²) in [7, 11) is 0. The van der Waals surface area contributed by atoms with Gasteiger partial charge < -0.3 is 19.5 Å². The van der Waals surface area contributed by atoms with Crippen molar-refractivity contribution in [3.8, 4) is 0 Å². The predicted molar refractivity (Wildman–Crippen MR) is 232 cm³/mol. The summed E-state index contributed by atoms with van der Waals surface area (Å²) in [5, 5.41) is 9.40. The first-order chi connectivity index (χ1) is 27.5. The Morgan fingerprint density at radius 1 is 0.518 bits per heavy atom. The molecular weight excluding hydrogens is 703 g/mol. The number of carbonyl (C=O) groups excluding carboxylic acids is 3. The van der Waals surface area contributed by atoms with Crippen molar-refractivity contribution in [3.05, 3.63) is 48.6 Å². The molecule has 322 valence electrons. The molecule has 1 amide bonds. The van der Waals surface area contributed by atoms with Crippen LogP contribution in [0.2, 0.25) is 0 Å². The average molecular weight is 786 g/mol. The van der Waals surface area contributed by atoms with Crippen LogP contribution in [0.3, 0.4) is 0 Å². The molecule has 56 heavy (non-hydrogen) atoms. The molecule has 1 N–H and O–H groups in total. The zero-order valence-electron chi connectivity index (χ0n) is 36.0. The fourth-order valence-electron chi connectivity index (χ4n) is 6.59. The van der Waals surface area contributed by atoms with Gasteiger partial charge >= 0.3 is 11.9 Å². The molecule has 0 aliphatic carbocycles. The highest BCUT2D eigenvalue weighted by Crippen LogP contribution is 2.11. The Morgan fingerprint density at radius 3 is 1.30 bits per heavy atom. The van der Waals surface area contributed by atoms with Gasteiger partial charge in [-0.1, -0.05) is 127 Å². The maximum Gasteiger partial charge on any atom is 0.305 e. The van der Waals surface area contributed by atoms with Crippen LogP contribution in [-0.4, -0.2) is 103 Å². The third-order valence-electron chi connectivity index (χ3n) is 10.3. The summed E-state index contributed by atoms with van der Waals surface area (Å²) in [5.41, 5.74) is 0. The number of piperazine rings is 1. The summed E-state index contributed by atoms with van der Waals surface area (Å²) in [5.74, 6) is -0.531. The average Bonchev–Trinajstić information content (AvgIpc) is 3.20. The second kappa shape index (κ2) is 39.1. The van der Waals surface area contributed by atoms with Crippen molar-refractivity contribution < 1.29 is 29.0 Å². The molecule has 1 aliphatic heterocycles. The number of hydrogen-bond acceptors (Lipinski definition) is 8. The van der Waals surface area contributed by atoms with E-state index in [0.29, 0.717) is 39.0 Å². The molecule has 0 saturated carbocycles. The van der Waals surface area contributed by atoms with Crippen LogP contribution < -0.4 is 0 Å². The van der Waals surface area contributed by atoms with Crippen LogP contribution in [0.25, 0.3) is 0 Å². The Balaban J connectivity index is 2.25. The van der Waals surface area contributed by atoms with E-state index < -0.39 is 0 Å². The highest BCUT2D eigenvalue weighted by Gasteiger charge is 2.22. The summed E-state index contributed by atoms with van der Waals surface area (Å²) in [6, 6.07) is 0. The lowest BCUT2D eigenvalue weighted by Gasteiger charge is -2.34. The van der Waals surface area contributed by atoms with E-state index in [1.165, 1.54) is 77.0 Å². The van der Waals surface area contributed by atoms with E-state index in [9.17, 15) is 19.5 Å². The first-order valence-corrected chi connectivity index (χ1v) is 22.7. The Bertz CT molecular complexity index is 1000. The topological polar surface area (TPSA) is 99.6 Å². The Morgan fingerprint density at radius 2 is 0.893 bits per heavy atom. The molecule has 0 bridgehead atoms. The lowest BCUT2D eigenvalue weighted by atomic mass is 10.1. The summed E-state index contributed by atoms with van der Waals surface area (Å²) in [6.07, 6.45) is 43.9. The normalized spacial score (nSPS) is 14.2. The Labute approximate surface area is 343 Å². The molecule has 1 rings (SSSR count). The molecule has 1 aliphatic rings. The smallest absolute Gasteiger partial charge is 0.305 e. The largest absolute Gasteiger partial charge is 0.464 e. The number of amides is 1. The van der Waals surface area contributed by atoms with Gasteiger partial charge in [0.2, 0.25) is 5.91 Å². The second-order valence-electron chi connectivity index (χ2n) is 15.3. The molecule has 9 heteroatoms. The van der Waals surface area contributed by atoms with Crippen LogP contribution in [0.1, 0.15) is 168 Å².